The van der Waals surface area contributed by atoms with Crippen molar-refractivity contribution in [2.75, 3.05) is 13.2 Å². The molecule has 1 aliphatic rings. The summed E-state index contributed by atoms with van der Waals surface area (Å²) in [5, 5.41) is 2.49. The predicted molar refractivity (Wildman–Crippen MR) is 133 cm³/mol. The van der Waals surface area contributed by atoms with E-state index in [-0.39, 0.29) is 23.3 Å². The summed E-state index contributed by atoms with van der Waals surface area (Å²) in [7, 11) is 0. The number of amides is 3. The van der Waals surface area contributed by atoms with Crippen molar-refractivity contribution >= 4 is 35.1 Å². The lowest BCUT2D eigenvalue weighted by Crippen LogP contribution is -2.50. The third-order valence-electron chi connectivity index (χ3n) is 5.41. The topological polar surface area (TPSA) is 99.8 Å². The molecule has 1 atom stereocenters. The zero-order valence-corrected chi connectivity index (χ0v) is 20.2. The molecule has 1 aliphatic heterocycles. The number of nitrogens with zero attached hydrogens (tertiary/aromatic N) is 1. The molecule has 3 rings (SSSR count). The van der Waals surface area contributed by atoms with Crippen LogP contribution in [0.25, 0.3) is 0 Å². The van der Waals surface area contributed by atoms with Crippen molar-refractivity contribution in [1.82, 2.24) is 21.1 Å². The Morgan fingerprint density at radius 1 is 1.09 bits per heavy atom. The first-order chi connectivity index (χ1) is 16.3. The van der Waals surface area contributed by atoms with Gasteiger partial charge in [-0.2, -0.15) is 0 Å². The second-order valence-electron chi connectivity index (χ2n) is 8.59. The third-order valence-corrected chi connectivity index (χ3v) is 5.62. The van der Waals surface area contributed by atoms with Crippen LogP contribution in [-0.4, -0.2) is 40.9 Å². The third kappa shape index (κ3) is 7.28. The summed E-state index contributed by atoms with van der Waals surface area (Å²) in [6, 6.07) is 16.5. The molecule has 2 aromatic rings. The molecule has 8 nitrogen and oxygen atoms in total. The minimum atomic E-state index is -0.503. The van der Waals surface area contributed by atoms with Crippen LogP contribution in [0.4, 0.5) is 0 Å². The van der Waals surface area contributed by atoms with Crippen molar-refractivity contribution in [1.29, 1.82) is 0 Å². The molecule has 1 unspecified atom stereocenters. The van der Waals surface area contributed by atoms with Crippen LogP contribution in [0.2, 0.25) is 0 Å². The van der Waals surface area contributed by atoms with Gasteiger partial charge in [0.25, 0.3) is 5.91 Å². The van der Waals surface area contributed by atoms with Gasteiger partial charge in [0, 0.05) is 19.5 Å². The Kier molecular flexibility index (Phi) is 8.98. The lowest BCUT2D eigenvalue weighted by molar-refractivity contribution is -0.129. The number of nitrogens with one attached hydrogen (secondary N) is 3. The lowest BCUT2D eigenvalue weighted by atomic mass is 10.1. The van der Waals surface area contributed by atoms with Gasteiger partial charge in [0.15, 0.2) is 5.11 Å². The minimum absolute atomic E-state index is 0.0548. The van der Waals surface area contributed by atoms with Gasteiger partial charge in [0.05, 0.1) is 18.1 Å². The molecule has 3 amide bonds. The minimum Gasteiger partial charge on any atom is -0.493 e. The molecule has 0 radical (unpaired) electrons. The molecule has 9 heteroatoms. The van der Waals surface area contributed by atoms with Gasteiger partial charge in [-0.25, -0.2) is 0 Å². The number of hydrogen-bond acceptors (Lipinski definition) is 5. The summed E-state index contributed by atoms with van der Waals surface area (Å²) >= 11 is 5.15. The molecule has 1 saturated heterocycles. The first-order valence-corrected chi connectivity index (χ1v) is 11.7. The summed E-state index contributed by atoms with van der Waals surface area (Å²) < 4.78 is 5.75. The van der Waals surface area contributed by atoms with E-state index in [4.69, 9.17) is 17.0 Å². The molecule has 0 aromatic heterocycles. The first kappa shape index (κ1) is 25.2. The number of hydrogen-bond donors (Lipinski definition) is 3. The molecule has 2 aromatic carbocycles. The smallest absolute Gasteiger partial charge is 0.261 e. The number of hydrazine groups is 1. The number of rotatable bonds is 8. The van der Waals surface area contributed by atoms with E-state index in [1.165, 1.54) is 0 Å². The number of ether oxygens (including phenoxy) is 1. The maximum atomic E-state index is 12.7. The van der Waals surface area contributed by atoms with Crippen LogP contribution in [0.3, 0.4) is 0 Å². The molecule has 0 saturated carbocycles. The van der Waals surface area contributed by atoms with E-state index in [0.29, 0.717) is 36.9 Å². The molecule has 0 spiro atoms. The van der Waals surface area contributed by atoms with Gasteiger partial charge in [-0.1, -0.05) is 56.3 Å². The highest BCUT2D eigenvalue weighted by molar-refractivity contribution is 7.80. The fourth-order valence-electron chi connectivity index (χ4n) is 3.51. The average molecular weight is 483 g/mol. The van der Waals surface area contributed by atoms with Crippen LogP contribution < -0.4 is 20.9 Å². The van der Waals surface area contributed by atoms with Crippen molar-refractivity contribution in [3.63, 3.8) is 0 Å². The van der Waals surface area contributed by atoms with Gasteiger partial charge in [0.1, 0.15) is 5.75 Å². The monoisotopic (exact) mass is 482 g/mol. The van der Waals surface area contributed by atoms with Gasteiger partial charge in [0.2, 0.25) is 11.8 Å². The number of carbonyl (C=O) groups is 3. The Morgan fingerprint density at radius 2 is 1.79 bits per heavy atom. The maximum absolute atomic E-state index is 12.7. The van der Waals surface area contributed by atoms with E-state index >= 15 is 0 Å². The summed E-state index contributed by atoms with van der Waals surface area (Å²) in [5.74, 6) is -0.432. The van der Waals surface area contributed by atoms with E-state index in [1.807, 2.05) is 30.3 Å². The molecule has 0 bridgehead atoms. The van der Waals surface area contributed by atoms with Crippen molar-refractivity contribution in [2.24, 2.45) is 11.8 Å². The number of benzene rings is 2. The molecule has 0 aliphatic carbocycles. The second-order valence-corrected chi connectivity index (χ2v) is 8.99. The highest BCUT2D eigenvalue weighted by Crippen LogP contribution is 2.20. The Hall–Kier alpha value is -3.46. The zero-order valence-electron chi connectivity index (χ0n) is 19.4. The SMILES string of the molecule is CC(C)CCOc1ccccc1C(=O)NC(=S)NNC(=O)C1CC(=O)N(Cc2ccccc2)C1. The average Bonchev–Trinajstić information content (AvgIpc) is 3.18. The van der Waals surface area contributed by atoms with Gasteiger partial charge < -0.3 is 9.64 Å². The summed E-state index contributed by atoms with van der Waals surface area (Å²) in [6.07, 6.45) is 0.995. The molecule has 34 heavy (non-hydrogen) atoms. The van der Waals surface area contributed by atoms with E-state index in [9.17, 15) is 14.4 Å². The summed E-state index contributed by atoms with van der Waals surface area (Å²) in [5.41, 5.74) is 6.39. The Morgan fingerprint density at radius 3 is 2.53 bits per heavy atom. The highest BCUT2D eigenvalue weighted by atomic mass is 32.1. The highest BCUT2D eigenvalue weighted by Gasteiger charge is 2.34. The summed E-state index contributed by atoms with van der Waals surface area (Å²) in [4.78, 5) is 39.2. The van der Waals surface area contributed by atoms with Crippen LogP contribution in [0.5, 0.6) is 5.75 Å². The van der Waals surface area contributed by atoms with Gasteiger partial charge in [-0.15, -0.1) is 0 Å². The quantitative estimate of drug-likeness (QED) is 0.395. The van der Waals surface area contributed by atoms with Crippen molar-refractivity contribution < 1.29 is 19.1 Å². The molecule has 3 N–H and O–H groups in total. The molecule has 1 fully saturated rings. The normalized spacial score (nSPS) is 15.2. The number of para-hydroxylation sites is 1. The van der Waals surface area contributed by atoms with Crippen LogP contribution in [0, 0.1) is 11.8 Å². The van der Waals surface area contributed by atoms with Crippen molar-refractivity contribution in [3.05, 3.63) is 65.7 Å². The largest absolute Gasteiger partial charge is 0.493 e. The van der Waals surface area contributed by atoms with Crippen LogP contribution in [-0.2, 0) is 16.1 Å². The van der Waals surface area contributed by atoms with E-state index in [2.05, 4.69) is 30.0 Å². The molecule has 1 heterocycles. The van der Waals surface area contributed by atoms with Crippen LogP contribution in [0.15, 0.2) is 54.6 Å². The maximum Gasteiger partial charge on any atom is 0.261 e. The predicted octanol–water partition coefficient (Wildman–Crippen LogP) is 2.80. The van der Waals surface area contributed by atoms with Crippen LogP contribution in [0.1, 0.15) is 42.6 Å². The summed E-state index contributed by atoms with van der Waals surface area (Å²) in [6.45, 7) is 5.49. The fourth-order valence-corrected chi connectivity index (χ4v) is 3.65. The molecular formula is C25H30N4O4S. The Labute approximate surface area is 205 Å². The Balaban J connectivity index is 1.46. The standard InChI is InChI=1S/C25H30N4O4S/c1-17(2)12-13-33-21-11-7-6-10-20(21)24(32)26-25(34)28-27-23(31)19-14-22(30)29(16-19)15-18-8-4-3-5-9-18/h3-11,17,19H,12-16H2,1-2H3,(H,27,31)(H2,26,28,32,34). The van der Waals surface area contributed by atoms with E-state index in [0.717, 1.165) is 12.0 Å². The van der Waals surface area contributed by atoms with Gasteiger partial charge in [-0.05, 0) is 42.3 Å². The fraction of sp³-hybridized carbons (Fsp3) is 0.360. The number of thiocarbonyl (C=S) groups is 1. The van der Waals surface area contributed by atoms with Gasteiger partial charge in [-0.3, -0.25) is 30.6 Å². The van der Waals surface area contributed by atoms with Crippen molar-refractivity contribution in [3.8, 4) is 5.75 Å². The lowest BCUT2D eigenvalue weighted by Gasteiger charge is -2.17. The molecule has 180 valence electrons. The van der Waals surface area contributed by atoms with Gasteiger partial charge >= 0.3 is 0 Å². The van der Waals surface area contributed by atoms with E-state index in [1.54, 1.807) is 29.2 Å². The Bertz CT molecular complexity index is 1030. The van der Waals surface area contributed by atoms with Crippen LogP contribution >= 0.6 is 12.2 Å². The zero-order chi connectivity index (χ0) is 24.5. The second kappa shape index (κ2) is 12.1. The van der Waals surface area contributed by atoms with Crippen molar-refractivity contribution in [2.45, 2.75) is 33.2 Å². The van der Waals surface area contributed by atoms with E-state index < -0.39 is 11.8 Å². The molecular weight excluding hydrogens is 452 g/mol. The number of likely N-dealkylation sites (tertiary alicyclic amines) is 1. The first-order valence-electron chi connectivity index (χ1n) is 11.3. The number of carbonyl (C=O) groups excluding carboxylic acids is 3.